The summed E-state index contributed by atoms with van der Waals surface area (Å²) in [6.45, 7) is 4.11. The minimum absolute atomic E-state index is 0.0122. The number of piperidine rings is 1. The number of aryl methyl sites for hydroxylation is 1. The fraction of sp³-hybridized carbons (Fsp3) is 0.786. The van der Waals surface area contributed by atoms with E-state index in [1.807, 2.05) is 0 Å². The van der Waals surface area contributed by atoms with Crippen LogP contribution < -0.4 is 5.69 Å². The number of rotatable bonds is 3. The Kier molecular flexibility index (Phi) is 3.59. The average Bonchev–Trinajstić information content (AvgIpc) is 2.75. The van der Waals surface area contributed by atoms with E-state index in [9.17, 15) is 9.90 Å². The summed E-state index contributed by atoms with van der Waals surface area (Å²) in [6, 6.07) is 2.34. The Morgan fingerprint density at radius 2 is 2.14 bits per heavy atom. The summed E-state index contributed by atoms with van der Waals surface area (Å²) in [5.74, 6) is 0.659. The maximum absolute atomic E-state index is 11.7. The Labute approximate surface area is 123 Å². The normalized spacial score (nSPS) is 30.8. The summed E-state index contributed by atoms with van der Waals surface area (Å²) in [5.41, 5.74) is -0.826. The molecule has 0 spiro atoms. The highest BCUT2D eigenvalue weighted by Gasteiger charge is 2.44. The van der Waals surface area contributed by atoms with Gasteiger partial charge < -0.3 is 10.0 Å². The van der Waals surface area contributed by atoms with E-state index in [0.717, 1.165) is 25.9 Å². The van der Waals surface area contributed by atoms with Crippen LogP contribution in [0, 0.1) is 24.2 Å². The molecule has 3 rings (SSSR count). The van der Waals surface area contributed by atoms with Gasteiger partial charge in [-0.15, -0.1) is 0 Å². The first-order chi connectivity index (χ1) is 9.99. The molecule has 2 heterocycles. The van der Waals surface area contributed by atoms with Gasteiger partial charge in [-0.2, -0.15) is 10.4 Å². The molecule has 0 atom stereocenters. The van der Waals surface area contributed by atoms with Crippen LogP contribution in [-0.4, -0.2) is 50.0 Å². The number of H-pyrrole nitrogens is 1. The maximum Gasteiger partial charge on any atom is 0.343 e. The highest BCUT2D eigenvalue weighted by Crippen LogP contribution is 2.38. The van der Waals surface area contributed by atoms with Crippen LogP contribution in [0.5, 0.6) is 0 Å². The third kappa shape index (κ3) is 2.87. The number of aliphatic hydroxyl groups is 1. The predicted molar refractivity (Wildman–Crippen MR) is 75.6 cm³/mol. The lowest BCUT2D eigenvalue weighted by atomic mass is 9.71. The van der Waals surface area contributed by atoms with E-state index < -0.39 is 5.60 Å². The van der Waals surface area contributed by atoms with Gasteiger partial charge in [-0.3, -0.25) is 4.98 Å². The van der Waals surface area contributed by atoms with Crippen LogP contribution in [0.4, 0.5) is 0 Å². The zero-order valence-electron chi connectivity index (χ0n) is 12.2. The number of aromatic nitrogens is 3. The first kappa shape index (κ1) is 14.3. The topological polar surface area (TPSA) is 97.9 Å². The summed E-state index contributed by atoms with van der Waals surface area (Å²) in [6.07, 6.45) is 2.90. The van der Waals surface area contributed by atoms with Gasteiger partial charge in [0.05, 0.1) is 23.6 Å². The molecule has 1 aromatic heterocycles. The molecule has 0 aromatic carbocycles. The third-order valence-electron chi connectivity index (χ3n) is 4.61. The van der Waals surface area contributed by atoms with Gasteiger partial charge in [-0.1, -0.05) is 0 Å². The molecular weight excluding hydrogens is 270 g/mol. The zero-order valence-corrected chi connectivity index (χ0v) is 12.2. The van der Waals surface area contributed by atoms with Gasteiger partial charge in [-0.25, -0.2) is 9.48 Å². The molecule has 1 saturated heterocycles. The zero-order chi connectivity index (χ0) is 15.0. The standard InChI is InChI=1S/C14H21N5O2/c1-10-16-13(20)19(17-10)12-2-4-18(5-3-12)9-14(21)6-11(7-14)8-15/h11-12,21H,2-7,9H2,1H3,(H,16,17,20). The number of nitrogens with zero attached hydrogens (tertiary/aromatic N) is 4. The van der Waals surface area contributed by atoms with Gasteiger partial charge in [0.2, 0.25) is 0 Å². The van der Waals surface area contributed by atoms with E-state index >= 15 is 0 Å². The molecule has 114 valence electrons. The lowest BCUT2D eigenvalue weighted by Crippen LogP contribution is -2.53. The van der Waals surface area contributed by atoms with E-state index in [4.69, 9.17) is 5.26 Å². The number of nitriles is 1. The number of nitrogens with one attached hydrogen (secondary N) is 1. The summed E-state index contributed by atoms with van der Waals surface area (Å²) in [7, 11) is 0. The van der Waals surface area contributed by atoms with Crippen molar-refractivity contribution < 1.29 is 5.11 Å². The number of hydrogen-bond acceptors (Lipinski definition) is 5. The van der Waals surface area contributed by atoms with Crippen molar-refractivity contribution in [1.29, 1.82) is 5.26 Å². The second-order valence-electron chi connectivity index (χ2n) is 6.43. The van der Waals surface area contributed by atoms with Crippen molar-refractivity contribution >= 4 is 0 Å². The van der Waals surface area contributed by atoms with Crippen LogP contribution in [0.25, 0.3) is 0 Å². The van der Waals surface area contributed by atoms with Gasteiger partial charge >= 0.3 is 5.69 Å². The first-order valence-electron chi connectivity index (χ1n) is 7.49. The van der Waals surface area contributed by atoms with Crippen molar-refractivity contribution in [3.05, 3.63) is 16.3 Å². The fourth-order valence-corrected chi connectivity index (χ4v) is 3.51. The van der Waals surface area contributed by atoms with E-state index in [1.165, 1.54) is 0 Å². The van der Waals surface area contributed by atoms with Crippen molar-refractivity contribution in [2.45, 2.75) is 44.2 Å². The predicted octanol–water partition coefficient (Wildman–Crippen LogP) is 0.181. The largest absolute Gasteiger partial charge is 0.388 e. The smallest absolute Gasteiger partial charge is 0.343 e. The molecule has 2 fully saturated rings. The van der Waals surface area contributed by atoms with E-state index in [1.54, 1.807) is 11.6 Å². The number of likely N-dealkylation sites (tertiary alicyclic amines) is 1. The molecule has 0 amide bonds. The van der Waals surface area contributed by atoms with Gasteiger partial charge in [0.25, 0.3) is 0 Å². The summed E-state index contributed by atoms with van der Waals surface area (Å²) < 4.78 is 1.55. The summed E-state index contributed by atoms with van der Waals surface area (Å²) in [4.78, 5) is 16.7. The van der Waals surface area contributed by atoms with Crippen LogP contribution in [0.15, 0.2) is 4.79 Å². The maximum atomic E-state index is 11.7. The minimum Gasteiger partial charge on any atom is -0.388 e. The number of aromatic amines is 1. The fourth-order valence-electron chi connectivity index (χ4n) is 3.51. The number of β-amino-alcohol motifs (C(OH)–C–C–N with tert-alkyl or cyclic N) is 1. The third-order valence-corrected chi connectivity index (χ3v) is 4.61. The molecule has 0 bridgehead atoms. The van der Waals surface area contributed by atoms with Gasteiger partial charge in [0.15, 0.2) is 0 Å². The molecule has 7 heteroatoms. The Hall–Kier alpha value is -1.65. The van der Waals surface area contributed by atoms with Crippen molar-refractivity contribution in [1.82, 2.24) is 19.7 Å². The molecule has 0 radical (unpaired) electrons. The monoisotopic (exact) mass is 291 g/mol. The lowest BCUT2D eigenvalue weighted by Gasteiger charge is -2.45. The van der Waals surface area contributed by atoms with Crippen molar-refractivity contribution in [3.8, 4) is 6.07 Å². The number of hydrogen-bond donors (Lipinski definition) is 2. The Morgan fingerprint density at radius 3 is 2.67 bits per heavy atom. The van der Waals surface area contributed by atoms with Gasteiger partial charge in [-0.05, 0) is 32.6 Å². The van der Waals surface area contributed by atoms with Crippen molar-refractivity contribution in [2.75, 3.05) is 19.6 Å². The van der Waals surface area contributed by atoms with E-state index in [0.29, 0.717) is 25.2 Å². The SMILES string of the molecule is Cc1nn(C2CCN(CC3(O)CC(C#N)C3)CC2)c(=O)[nH]1. The van der Waals surface area contributed by atoms with Crippen LogP contribution in [0.1, 0.15) is 37.5 Å². The van der Waals surface area contributed by atoms with Crippen LogP contribution in [0.3, 0.4) is 0 Å². The highest BCUT2D eigenvalue weighted by molar-refractivity contribution is 5.05. The van der Waals surface area contributed by atoms with Crippen molar-refractivity contribution in [2.24, 2.45) is 5.92 Å². The molecule has 1 aromatic rings. The highest BCUT2D eigenvalue weighted by atomic mass is 16.3. The quantitative estimate of drug-likeness (QED) is 0.828. The first-order valence-corrected chi connectivity index (χ1v) is 7.49. The molecule has 1 aliphatic heterocycles. The Bertz CT molecular complexity index is 600. The van der Waals surface area contributed by atoms with Crippen LogP contribution in [-0.2, 0) is 0 Å². The molecule has 2 aliphatic rings. The second kappa shape index (κ2) is 5.28. The average molecular weight is 291 g/mol. The molecule has 21 heavy (non-hydrogen) atoms. The minimum atomic E-state index is -0.688. The Balaban J connectivity index is 1.53. The van der Waals surface area contributed by atoms with Gasteiger partial charge in [0.1, 0.15) is 5.82 Å². The van der Waals surface area contributed by atoms with E-state index in [-0.39, 0.29) is 17.6 Å². The second-order valence-corrected chi connectivity index (χ2v) is 6.43. The van der Waals surface area contributed by atoms with E-state index in [2.05, 4.69) is 21.1 Å². The lowest BCUT2D eigenvalue weighted by molar-refractivity contribution is -0.0829. The molecule has 0 unspecified atom stereocenters. The molecule has 1 saturated carbocycles. The summed E-state index contributed by atoms with van der Waals surface area (Å²) in [5, 5.41) is 23.4. The Morgan fingerprint density at radius 1 is 1.48 bits per heavy atom. The molecule has 7 nitrogen and oxygen atoms in total. The van der Waals surface area contributed by atoms with Crippen LogP contribution in [0.2, 0.25) is 0 Å². The molecular formula is C14H21N5O2. The van der Waals surface area contributed by atoms with Crippen LogP contribution >= 0.6 is 0 Å². The van der Waals surface area contributed by atoms with Gasteiger partial charge in [0, 0.05) is 19.6 Å². The summed E-state index contributed by atoms with van der Waals surface area (Å²) >= 11 is 0. The van der Waals surface area contributed by atoms with Crippen molar-refractivity contribution in [3.63, 3.8) is 0 Å². The molecule has 2 N–H and O–H groups in total. The molecule has 1 aliphatic carbocycles.